The Hall–Kier alpha value is -1.67. The van der Waals surface area contributed by atoms with Crippen LogP contribution in [-0.4, -0.2) is 5.78 Å². The van der Waals surface area contributed by atoms with E-state index in [0.717, 1.165) is 16.0 Å². The maximum atomic E-state index is 12.3. The summed E-state index contributed by atoms with van der Waals surface area (Å²) in [6, 6.07) is 12.2. The number of allylic oxidation sites excluding steroid dienone is 1. The maximum Gasteiger partial charge on any atom is 0.171 e. The van der Waals surface area contributed by atoms with Gasteiger partial charge in [-0.15, -0.1) is 11.3 Å². The average molecular weight is 256 g/mol. The topological polar surface area (TPSA) is 17.1 Å². The van der Waals surface area contributed by atoms with Gasteiger partial charge in [0.15, 0.2) is 5.78 Å². The van der Waals surface area contributed by atoms with Crippen molar-refractivity contribution in [2.24, 2.45) is 0 Å². The summed E-state index contributed by atoms with van der Waals surface area (Å²) >= 11 is 1.64. The number of carbonyl (C=O) groups is 1. The molecule has 3 rings (SSSR count). The zero-order valence-electron chi connectivity index (χ0n) is 9.51. The minimum Gasteiger partial charge on any atom is -0.293 e. The summed E-state index contributed by atoms with van der Waals surface area (Å²) in [6.07, 6.45) is 3.61. The normalized spacial score (nSPS) is 21.3. The van der Waals surface area contributed by atoms with Crippen LogP contribution < -0.4 is 0 Å². The van der Waals surface area contributed by atoms with Gasteiger partial charge in [-0.05, 0) is 35.6 Å². The third-order valence-corrected chi connectivity index (χ3v) is 4.51. The zero-order valence-corrected chi connectivity index (χ0v) is 10.3. The Kier molecular flexibility index (Phi) is 3.22. The number of hydrogen-bond donors (Lipinski definition) is 0. The van der Waals surface area contributed by atoms with Crippen molar-refractivity contribution >= 4 is 23.2 Å². The smallest absolute Gasteiger partial charge is 0.171 e. The van der Waals surface area contributed by atoms with Crippen LogP contribution in [0, 0.1) is 0 Å². The molecule has 2 heteroatoms. The molecule has 18 heavy (non-hydrogen) atoms. The average Bonchev–Trinajstić information content (AvgIpc) is 2.88. The number of rotatable bonds is 1. The highest BCUT2D eigenvalue weighted by Crippen LogP contribution is 2.40. The van der Waals surface area contributed by atoms with Gasteiger partial charge in [-0.1, -0.05) is 43.8 Å². The molecule has 0 amide bonds. The summed E-state index contributed by atoms with van der Waals surface area (Å²) in [5, 5.41) is 2.02. The highest BCUT2D eigenvalue weighted by molar-refractivity contribution is 7.10. The van der Waals surface area contributed by atoms with E-state index in [0.29, 0.717) is 0 Å². The van der Waals surface area contributed by atoms with Gasteiger partial charge < -0.3 is 0 Å². The van der Waals surface area contributed by atoms with Gasteiger partial charge in [0.05, 0.1) is 5.41 Å². The summed E-state index contributed by atoms with van der Waals surface area (Å²) in [7, 11) is 0. The SMILES string of the molecule is C.C[C@@]1(c2cccs2)C(=O)C=Cc2ccccc21. The van der Waals surface area contributed by atoms with Gasteiger partial charge in [-0.25, -0.2) is 0 Å². The first-order valence-corrected chi connectivity index (χ1v) is 6.47. The zero-order chi connectivity index (χ0) is 11.9. The number of fused-ring (bicyclic) bond motifs is 1. The Labute approximate surface area is 112 Å². The third kappa shape index (κ3) is 1.65. The van der Waals surface area contributed by atoms with Crippen LogP contribution >= 0.6 is 11.3 Å². The van der Waals surface area contributed by atoms with E-state index in [2.05, 4.69) is 12.1 Å². The minimum atomic E-state index is -0.514. The molecule has 1 heterocycles. The van der Waals surface area contributed by atoms with Crippen LogP contribution in [0.4, 0.5) is 0 Å². The predicted octanol–water partition coefficient (Wildman–Crippen LogP) is 4.29. The number of benzene rings is 1. The molecule has 0 spiro atoms. The third-order valence-electron chi connectivity index (χ3n) is 3.42. The van der Waals surface area contributed by atoms with Crippen LogP contribution in [-0.2, 0) is 10.2 Å². The largest absolute Gasteiger partial charge is 0.293 e. The van der Waals surface area contributed by atoms with Crippen molar-refractivity contribution < 1.29 is 4.79 Å². The standard InChI is InChI=1S/C15H12OS.CH4/c1-15(14-7-4-10-17-14)12-6-3-2-5-11(12)8-9-13(15)16;/h2-10H,1H3;1H4/t15-;/m0./s1. The second kappa shape index (κ2) is 4.54. The molecule has 1 aromatic heterocycles. The molecule has 92 valence electrons. The van der Waals surface area contributed by atoms with Gasteiger partial charge in [0.2, 0.25) is 0 Å². The van der Waals surface area contributed by atoms with E-state index in [4.69, 9.17) is 0 Å². The molecule has 1 aliphatic rings. The quantitative estimate of drug-likeness (QED) is 0.744. The van der Waals surface area contributed by atoms with Gasteiger partial charge in [0, 0.05) is 4.88 Å². The van der Waals surface area contributed by atoms with Crippen molar-refractivity contribution in [3.63, 3.8) is 0 Å². The van der Waals surface area contributed by atoms with Gasteiger partial charge in [-0.2, -0.15) is 0 Å². The lowest BCUT2D eigenvalue weighted by molar-refractivity contribution is -0.118. The maximum absolute atomic E-state index is 12.3. The number of carbonyl (C=O) groups excluding carboxylic acids is 1. The Morgan fingerprint density at radius 2 is 1.83 bits per heavy atom. The number of thiophene rings is 1. The Bertz CT molecular complexity index is 595. The minimum absolute atomic E-state index is 0. The summed E-state index contributed by atoms with van der Waals surface area (Å²) in [5.41, 5.74) is 1.73. The van der Waals surface area contributed by atoms with E-state index in [-0.39, 0.29) is 13.2 Å². The molecule has 1 atom stereocenters. The highest BCUT2D eigenvalue weighted by atomic mass is 32.1. The van der Waals surface area contributed by atoms with Gasteiger partial charge in [0.25, 0.3) is 0 Å². The van der Waals surface area contributed by atoms with Gasteiger partial charge in [0.1, 0.15) is 0 Å². The summed E-state index contributed by atoms with van der Waals surface area (Å²) in [4.78, 5) is 13.4. The molecule has 1 nitrogen and oxygen atoms in total. The van der Waals surface area contributed by atoms with Crippen molar-refractivity contribution in [2.45, 2.75) is 19.8 Å². The summed E-state index contributed by atoms with van der Waals surface area (Å²) < 4.78 is 0. The van der Waals surface area contributed by atoms with Crippen LogP contribution in [0.15, 0.2) is 47.9 Å². The molecule has 0 N–H and O–H groups in total. The first-order chi connectivity index (χ1) is 8.23. The fourth-order valence-electron chi connectivity index (χ4n) is 2.38. The van der Waals surface area contributed by atoms with E-state index >= 15 is 0 Å². The summed E-state index contributed by atoms with van der Waals surface area (Å²) in [5.74, 6) is 0.165. The lowest BCUT2D eigenvalue weighted by Crippen LogP contribution is -2.34. The van der Waals surface area contributed by atoms with Crippen LogP contribution in [0.2, 0.25) is 0 Å². The fourth-order valence-corrected chi connectivity index (χ4v) is 3.29. The molecule has 2 aromatic rings. The van der Waals surface area contributed by atoms with Crippen molar-refractivity contribution in [2.75, 3.05) is 0 Å². The van der Waals surface area contributed by atoms with Crippen molar-refractivity contribution in [3.05, 3.63) is 63.9 Å². The number of hydrogen-bond acceptors (Lipinski definition) is 2. The molecule has 0 saturated heterocycles. The Morgan fingerprint density at radius 3 is 2.56 bits per heavy atom. The van der Waals surface area contributed by atoms with Crippen LogP contribution in [0.25, 0.3) is 6.08 Å². The molecule has 0 radical (unpaired) electrons. The van der Waals surface area contributed by atoms with Crippen molar-refractivity contribution in [1.82, 2.24) is 0 Å². The van der Waals surface area contributed by atoms with E-state index in [1.165, 1.54) is 0 Å². The monoisotopic (exact) mass is 256 g/mol. The molecular weight excluding hydrogens is 240 g/mol. The number of ketones is 1. The van der Waals surface area contributed by atoms with Crippen molar-refractivity contribution in [1.29, 1.82) is 0 Å². The second-order valence-corrected chi connectivity index (χ2v) is 5.33. The second-order valence-electron chi connectivity index (χ2n) is 4.39. The molecule has 1 aliphatic carbocycles. The lowest BCUT2D eigenvalue weighted by Gasteiger charge is -2.30. The molecule has 0 unspecified atom stereocenters. The first kappa shape index (κ1) is 12.8. The van der Waals surface area contributed by atoms with Gasteiger partial charge in [-0.3, -0.25) is 4.79 Å². The molecular formula is C16H16OS. The van der Waals surface area contributed by atoms with Crippen LogP contribution in [0.5, 0.6) is 0 Å². The van der Waals surface area contributed by atoms with E-state index in [1.54, 1.807) is 17.4 Å². The van der Waals surface area contributed by atoms with Crippen LogP contribution in [0.1, 0.15) is 30.4 Å². The van der Waals surface area contributed by atoms with Crippen molar-refractivity contribution in [3.8, 4) is 0 Å². The molecule has 0 saturated carbocycles. The highest BCUT2D eigenvalue weighted by Gasteiger charge is 2.39. The molecule has 0 fully saturated rings. The molecule has 0 bridgehead atoms. The van der Waals surface area contributed by atoms with E-state index in [9.17, 15) is 4.79 Å². The first-order valence-electron chi connectivity index (χ1n) is 5.59. The lowest BCUT2D eigenvalue weighted by atomic mass is 9.72. The summed E-state index contributed by atoms with van der Waals surface area (Å²) in [6.45, 7) is 2.02. The fraction of sp³-hybridized carbons (Fsp3) is 0.188. The predicted molar refractivity (Wildman–Crippen MR) is 78.0 cm³/mol. The molecule has 1 aromatic carbocycles. The Morgan fingerprint density at radius 1 is 1.06 bits per heavy atom. The van der Waals surface area contributed by atoms with Gasteiger partial charge >= 0.3 is 0 Å². The van der Waals surface area contributed by atoms with E-state index in [1.807, 2.05) is 42.6 Å². The Balaban J connectivity index is 0.00000120. The van der Waals surface area contributed by atoms with Crippen LogP contribution in [0.3, 0.4) is 0 Å². The van der Waals surface area contributed by atoms with E-state index < -0.39 is 5.41 Å². The molecule has 0 aliphatic heterocycles.